The van der Waals surface area contributed by atoms with Gasteiger partial charge in [-0.2, -0.15) is 0 Å². The second-order valence-electron chi connectivity index (χ2n) is 6.40. The van der Waals surface area contributed by atoms with Crippen LogP contribution in [0.5, 0.6) is 0 Å². The molecule has 1 N–H and O–H groups in total. The van der Waals surface area contributed by atoms with E-state index in [1.165, 1.54) is 37.5 Å². The van der Waals surface area contributed by atoms with Crippen LogP contribution in [-0.4, -0.2) is 15.6 Å². The first kappa shape index (κ1) is 14.5. The predicted octanol–water partition coefficient (Wildman–Crippen LogP) is 4.27. The van der Waals surface area contributed by atoms with E-state index in [9.17, 15) is 4.79 Å². The van der Waals surface area contributed by atoms with Crippen LogP contribution in [0.1, 0.15) is 22.2 Å². The quantitative estimate of drug-likeness (QED) is 0.781. The summed E-state index contributed by atoms with van der Waals surface area (Å²) >= 11 is 1.79. The van der Waals surface area contributed by atoms with E-state index in [1.807, 2.05) is 0 Å². The highest BCUT2D eigenvalue weighted by Gasteiger charge is 2.25. The van der Waals surface area contributed by atoms with Crippen molar-refractivity contribution in [2.45, 2.75) is 26.2 Å². The van der Waals surface area contributed by atoms with E-state index in [-0.39, 0.29) is 5.92 Å². The molecule has 1 unspecified atom stereocenters. The fraction of sp³-hybridized carbons (Fsp3) is 0.316. The van der Waals surface area contributed by atoms with Crippen LogP contribution in [0.2, 0.25) is 0 Å². The molecule has 23 heavy (non-hydrogen) atoms. The minimum atomic E-state index is -0.721. The Labute approximate surface area is 139 Å². The molecule has 1 aliphatic carbocycles. The van der Waals surface area contributed by atoms with Gasteiger partial charge < -0.3 is 9.67 Å². The van der Waals surface area contributed by atoms with Gasteiger partial charge in [0.15, 0.2) is 0 Å². The molecular formula is C19H19NO2S. The first-order valence-electron chi connectivity index (χ1n) is 7.97. The van der Waals surface area contributed by atoms with Crippen molar-refractivity contribution in [2.24, 2.45) is 13.0 Å². The van der Waals surface area contributed by atoms with Crippen molar-refractivity contribution >= 4 is 28.2 Å². The first-order valence-corrected chi connectivity index (χ1v) is 8.79. The Morgan fingerprint density at radius 1 is 1.35 bits per heavy atom. The summed E-state index contributed by atoms with van der Waals surface area (Å²) in [6.07, 6.45) is 2.74. The molecule has 0 radical (unpaired) electrons. The number of para-hydroxylation sites is 1. The molecule has 0 spiro atoms. The Bertz CT molecular complexity index is 919. The summed E-state index contributed by atoms with van der Waals surface area (Å²) in [7, 11) is 2.13. The second kappa shape index (κ2) is 5.24. The normalized spacial score (nSPS) is 14.5. The zero-order valence-electron chi connectivity index (χ0n) is 13.3. The SMILES string of the molecule is CC(Cc1cc2c(s1)CCc1c-2n(C)c2ccccc12)C(=O)O. The van der Waals surface area contributed by atoms with Crippen LogP contribution in [0, 0.1) is 5.92 Å². The molecule has 0 fully saturated rings. The van der Waals surface area contributed by atoms with Crippen LogP contribution in [0.15, 0.2) is 30.3 Å². The maximum Gasteiger partial charge on any atom is 0.306 e. The third-order valence-electron chi connectivity index (χ3n) is 4.86. The molecule has 1 aliphatic rings. The lowest BCUT2D eigenvalue weighted by Crippen LogP contribution is -2.11. The molecule has 4 rings (SSSR count). The number of hydrogen-bond acceptors (Lipinski definition) is 2. The summed E-state index contributed by atoms with van der Waals surface area (Å²) in [5.74, 6) is -1.05. The monoisotopic (exact) mass is 325 g/mol. The number of aromatic nitrogens is 1. The summed E-state index contributed by atoms with van der Waals surface area (Å²) in [4.78, 5) is 13.7. The maximum absolute atomic E-state index is 11.1. The van der Waals surface area contributed by atoms with Crippen molar-refractivity contribution in [1.82, 2.24) is 4.57 Å². The fourth-order valence-electron chi connectivity index (χ4n) is 3.67. The molecule has 0 saturated heterocycles. The smallest absolute Gasteiger partial charge is 0.306 e. The van der Waals surface area contributed by atoms with Gasteiger partial charge in [-0.15, -0.1) is 11.3 Å². The van der Waals surface area contributed by atoms with E-state index < -0.39 is 5.97 Å². The first-order chi connectivity index (χ1) is 11.1. The Hall–Kier alpha value is -2.07. The summed E-state index contributed by atoms with van der Waals surface area (Å²) in [6.45, 7) is 1.78. The average molecular weight is 325 g/mol. The largest absolute Gasteiger partial charge is 0.481 e. The second-order valence-corrected chi connectivity index (χ2v) is 7.62. The molecule has 0 aliphatic heterocycles. The van der Waals surface area contributed by atoms with Crippen molar-refractivity contribution < 1.29 is 9.90 Å². The van der Waals surface area contributed by atoms with E-state index in [0.29, 0.717) is 6.42 Å². The highest BCUT2D eigenvalue weighted by Crippen LogP contribution is 2.43. The zero-order valence-corrected chi connectivity index (χ0v) is 14.1. The van der Waals surface area contributed by atoms with Crippen LogP contribution in [-0.2, 0) is 31.1 Å². The highest BCUT2D eigenvalue weighted by atomic mass is 32.1. The molecule has 0 saturated carbocycles. The number of hydrogen-bond donors (Lipinski definition) is 1. The number of nitrogens with zero attached hydrogens (tertiary/aromatic N) is 1. The molecule has 4 heteroatoms. The summed E-state index contributed by atoms with van der Waals surface area (Å²) in [5.41, 5.74) is 5.34. The van der Waals surface area contributed by atoms with E-state index in [4.69, 9.17) is 5.11 Å². The fourth-order valence-corrected chi connectivity index (χ4v) is 4.96. The molecule has 1 aromatic carbocycles. The van der Waals surface area contributed by atoms with Crippen molar-refractivity contribution in [3.63, 3.8) is 0 Å². The van der Waals surface area contributed by atoms with Gasteiger partial charge in [0.1, 0.15) is 0 Å². The number of fused-ring (bicyclic) bond motifs is 5. The summed E-state index contributed by atoms with van der Waals surface area (Å²) < 4.78 is 2.29. The van der Waals surface area contributed by atoms with Gasteiger partial charge in [-0.1, -0.05) is 25.1 Å². The topological polar surface area (TPSA) is 42.2 Å². The Kier molecular flexibility index (Phi) is 3.31. The number of carboxylic acid groups (broad SMARTS) is 1. The molecule has 0 bridgehead atoms. The number of benzene rings is 1. The van der Waals surface area contributed by atoms with Crippen molar-refractivity contribution in [3.05, 3.63) is 45.6 Å². The minimum absolute atomic E-state index is 0.331. The molecule has 1 atom stereocenters. The number of carboxylic acids is 1. The van der Waals surface area contributed by atoms with Gasteiger partial charge in [0.05, 0.1) is 11.6 Å². The summed E-state index contributed by atoms with van der Waals surface area (Å²) in [5, 5.41) is 10.5. The van der Waals surface area contributed by atoms with E-state index in [1.54, 1.807) is 18.3 Å². The number of carbonyl (C=O) groups is 1. The molecule has 2 heterocycles. The molecule has 3 aromatic rings. The lowest BCUT2D eigenvalue weighted by atomic mass is 9.94. The van der Waals surface area contributed by atoms with E-state index in [2.05, 4.69) is 41.9 Å². The molecule has 118 valence electrons. The van der Waals surface area contributed by atoms with E-state index in [0.717, 1.165) is 12.8 Å². The molecular weight excluding hydrogens is 306 g/mol. The van der Waals surface area contributed by atoms with Crippen LogP contribution in [0.3, 0.4) is 0 Å². The minimum Gasteiger partial charge on any atom is -0.481 e. The third-order valence-corrected chi connectivity index (χ3v) is 6.08. The number of aliphatic carboxylic acids is 1. The van der Waals surface area contributed by atoms with Crippen LogP contribution >= 0.6 is 11.3 Å². The van der Waals surface area contributed by atoms with Crippen molar-refractivity contribution in [2.75, 3.05) is 0 Å². The maximum atomic E-state index is 11.1. The standard InChI is InChI=1S/C19H19NO2S/c1-11(19(21)22)9-12-10-15-17(23-12)8-7-14-13-5-3-4-6-16(13)20(2)18(14)15/h3-6,10-11H,7-9H2,1-2H3,(H,21,22). The van der Waals surface area contributed by atoms with Gasteiger partial charge in [0, 0.05) is 33.3 Å². The molecule has 3 nitrogen and oxygen atoms in total. The van der Waals surface area contributed by atoms with Crippen LogP contribution in [0.4, 0.5) is 0 Å². The van der Waals surface area contributed by atoms with Gasteiger partial charge in [0.2, 0.25) is 0 Å². The number of thiophene rings is 1. The zero-order chi connectivity index (χ0) is 16.1. The number of rotatable bonds is 3. The van der Waals surface area contributed by atoms with E-state index >= 15 is 0 Å². The average Bonchev–Trinajstić information content (AvgIpc) is 3.06. The lowest BCUT2D eigenvalue weighted by molar-refractivity contribution is -0.141. The van der Waals surface area contributed by atoms with Gasteiger partial charge >= 0.3 is 5.97 Å². The van der Waals surface area contributed by atoms with Gasteiger partial charge in [-0.3, -0.25) is 4.79 Å². The van der Waals surface area contributed by atoms with Crippen molar-refractivity contribution in [3.8, 4) is 11.3 Å². The Balaban J connectivity index is 1.84. The van der Waals surface area contributed by atoms with Gasteiger partial charge in [-0.05, 0) is 37.0 Å². The Morgan fingerprint density at radius 3 is 2.91 bits per heavy atom. The third kappa shape index (κ3) is 2.20. The van der Waals surface area contributed by atoms with Crippen LogP contribution < -0.4 is 0 Å². The predicted molar refractivity (Wildman–Crippen MR) is 94.1 cm³/mol. The highest BCUT2D eigenvalue weighted by molar-refractivity contribution is 7.12. The van der Waals surface area contributed by atoms with Gasteiger partial charge in [-0.25, -0.2) is 0 Å². The van der Waals surface area contributed by atoms with Gasteiger partial charge in [0.25, 0.3) is 0 Å². The molecule has 0 amide bonds. The lowest BCUT2D eigenvalue weighted by Gasteiger charge is -2.14. The van der Waals surface area contributed by atoms with Crippen molar-refractivity contribution in [1.29, 1.82) is 0 Å². The summed E-state index contributed by atoms with van der Waals surface area (Å²) in [6, 6.07) is 10.8. The number of aryl methyl sites for hydroxylation is 3. The molecule has 2 aromatic heterocycles. The Morgan fingerprint density at radius 2 is 2.13 bits per heavy atom. The van der Waals surface area contributed by atoms with Crippen LogP contribution in [0.25, 0.3) is 22.2 Å².